The minimum atomic E-state index is -1.10. The number of ether oxygens (including phenoxy) is 1. The van der Waals surface area contributed by atoms with E-state index >= 15 is 0 Å². The van der Waals surface area contributed by atoms with Crippen molar-refractivity contribution < 1.29 is 24.2 Å². The Bertz CT molecular complexity index is 292. The van der Waals surface area contributed by atoms with E-state index in [-0.39, 0.29) is 19.5 Å². The third-order valence-corrected chi connectivity index (χ3v) is 2.22. The number of carbonyl (C=O) groups excluding carboxylic acids is 2. The van der Waals surface area contributed by atoms with Gasteiger partial charge in [0.05, 0.1) is 7.11 Å². The van der Waals surface area contributed by atoms with Gasteiger partial charge in [0.15, 0.2) is 0 Å². The predicted octanol–water partition coefficient (Wildman–Crippen LogP) is 0.0541. The van der Waals surface area contributed by atoms with Gasteiger partial charge in [-0.05, 0) is 13.3 Å². The van der Waals surface area contributed by atoms with Crippen LogP contribution >= 0.6 is 0 Å². The minimum Gasteiger partial charge on any atom is -0.480 e. The smallest absolute Gasteiger partial charge is 0.326 e. The number of nitrogens with zero attached hydrogens (tertiary/aromatic N) is 1. The van der Waals surface area contributed by atoms with Crippen LogP contribution in [-0.4, -0.2) is 54.2 Å². The molecule has 0 aliphatic rings. The van der Waals surface area contributed by atoms with Gasteiger partial charge in [0.2, 0.25) is 0 Å². The molecule has 0 aromatic rings. The van der Waals surface area contributed by atoms with Gasteiger partial charge in [0.1, 0.15) is 12.6 Å². The number of hydrogen-bond donors (Lipinski definition) is 2. The molecule has 98 valence electrons. The number of hydrogen-bond acceptors (Lipinski definition) is 4. The number of esters is 1. The third-order valence-electron chi connectivity index (χ3n) is 2.22. The molecule has 0 aromatic heterocycles. The lowest BCUT2D eigenvalue weighted by Crippen LogP contribution is -2.49. The molecule has 0 rings (SSSR count). The first kappa shape index (κ1) is 15.2. The normalized spacial score (nSPS) is 11.5. The molecular formula is C10H18N2O5. The van der Waals surface area contributed by atoms with Gasteiger partial charge >= 0.3 is 18.0 Å². The fourth-order valence-electron chi connectivity index (χ4n) is 1.13. The monoisotopic (exact) mass is 246 g/mol. The molecule has 7 heteroatoms. The Balaban J connectivity index is 4.43. The fourth-order valence-corrected chi connectivity index (χ4v) is 1.13. The van der Waals surface area contributed by atoms with Gasteiger partial charge in [-0.3, -0.25) is 4.79 Å². The first-order chi connectivity index (χ1) is 7.96. The number of methoxy groups -OCH3 is 1. The van der Waals surface area contributed by atoms with E-state index in [0.717, 1.165) is 0 Å². The van der Waals surface area contributed by atoms with Crippen LogP contribution in [0.1, 0.15) is 20.3 Å². The zero-order valence-corrected chi connectivity index (χ0v) is 10.2. The van der Waals surface area contributed by atoms with Crippen molar-refractivity contribution in [2.24, 2.45) is 0 Å². The Labute approximate surface area is 99.7 Å². The summed E-state index contributed by atoms with van der Waals surface area (Å²) in [6.45, 7) is 3.42. The molecule has 0 spiro atoms. The van der Waals surface area contributed by atoms with Crippen LogP contribution in [-0.2, 0) is 14.3 Å². The van der Waals surface area contributed by atoms with Gasteiger partial charge in [0, 0.05) is 6.54 Å². The number of nitrogens with one attached hydrogen (secondary N) is 1. The Morgan fingerprint density at radius 2 is 1.94 bits per heavy atom. The molecule has 1 atom stereocenters. The van der Waals surface area contributed by atoms with Crippen LogP contribution in [0.5, 0.6) is 0 Å². The molecule has 2 N–H and O–H groups in total. The third kappa shape index (κ3) is 5.19. The van der Waals surface area contributed by atoms with Crippen LogP contribution in [0.4, 0.5) is 4.79 Å². The van der Waals surface area contributed by atoms with Crippen LogP contribution in [0.25, 0.3) is 0 Å². The molecule has 0 radical (unpaired) electrons. The van der Waals surface area contributed by atoms with Crippen molar-refractivity contribution in [1.82, 2.24) is 10.2 Å². The number of aliphatic carboxylic acids is 1. The first-order valence-electron chi connectivity index (χ1n) is 5.31. The Morgan fingerprint density at radius 1 is 1.35 bits per heavy atom. The second-order valence-electron chi connectivity index (χ2n) is 3.34. The SMILES string of the molecule is CC[C@H](NC(=O)N(CC)CC(=O)OC)C(=O)O. The zero-order chi connectivity index (χ0) is 13.4. The molecule has 0 aromatic carbocycles. The van der Waals surface area contributed by atoms with E-state index in [9.17, 15) is 14.4 Å². The molecule has 2 amide bonds. The average Bonchev–Trinajstić information content (AvgIpc) is 2.31. The summed E-state index contributed by atoms with van der Waals surface area (Å²) in [5.74, 6) is -1.65. The lowest BCUT2D eigenvalue weighted by Gasteiger charge is -2.22. The highest BCUT2D eigenvalue weighted by atomic mass is 16.5. The van der Waals surface area contributed by atoms with Crippen LogP contribution in [0.15, 0.2) is 0 Å². The lowest BCUT2D eigenvalue weighted by atomic mass is 10.2. The number of rotatable bonds is 6. The Morgan fingerprint density at radius 3 is 2.29 bits per heavy atom. The minimum absolute atomic E-state index is 0.200. The molecule has 0 aliphatic carbocycles. The van der Waals surface area contributed by atoms with Gasteiger partial charge in [-0.2, -0.15) is 0 Å². The van der Waals surface area contributed by atoms with Crippen molar-refractivity contribution in [1.29, 1.82) is 0 Å². The van der Waals surface area contributed by atoms with Crippen LogP contribution in [0, 0.1) is 0 Å². The summed E-state index contributed by atoms with van der Waals surface area (Å²) in [5, 5.41) is 11.1. The van der Waals surface area contributed by atoms with E-state index in [2.05, 4.69) is 10.1 Å². The van der Waals surface area contributed by atoms with E-state index in [4.69, 9.17) is 5.11 Å². The van der Waals surface area contributed by atoms with E-state index in [1.54, 1.807) is 13.8 Å². The standard InChI is InChI=1S/C10H18N2O5/c1-4-7(9(14)15)11-10(16)12(5-2)6-8(13)17-3/h7H,4-6H2,1-3H3,(H,11,16)(H,14,15)/t7-/m0/s1. The van der Waals surface area contributed by atoms with Crippen molar-refractivity contribution in [3.63, 3.8) is 0 Å². The van der Waals surface area contributed by atoms with Gasteiger partial charge in [-0.15, -0.1) is 0 Å². The molecule has 0 fully saturated rings. The van der Waals surface area contributed by atoms with Crippen molar-refractivity contribution in [2.75, 3.05) is 20.2 Å². The fraction of sp³-hybridized carbons (Fsp3) is 0.700. The van der Waals surface area contributed by atoms with Crippen LogP contribution < -0.4 is 5.32 Å². The zero-order valence-electron chi connectivity index (χ0n) is 10.2. The second-order valence-corrected chi connectivity index (χ2v) is 3.34. The number of urea groups is 1. The highest BCUT2D eigenvalue weighted by Gasteiger charge is 2.22. The predicted molar refractivity (Wildman–Crippen MR) is 59.5 cm³/mol. The summed E-state index contributed by atoms with van der Waals surface area (Å²) in [7, 11) is 1.22. The number of amides is 2. The summed E-state index contributed by atoms with van der Waals surface area (Å²) in [6, 6.07) is -1.54. The van der Waals surface area contributed by atoms with Crippen LogP contribution in [0.2, 0.25) is 0 Å². The van der Waals surface area contributed by atoms with E-state index in [0.29, 0.717) is 0 Å². The van der Waals surface area contributed by atoms with E-state index in [1.807, 2.05) is 0 Å². The molecular weight excluding hydrogens is 228 g/mol. The molecule has 0 heterocycles. The van der Waals surface area contributed by atoms with Crippen molar-refractivity contribution >= 4 is 18.0 Å². The quantitative estimate of drug-likeness (QED) is 0.646. The molecule has 0 bridgehead atoms. The Hall–Kier alpha value is -1.79. The summed E-state index contributed by atoms with van der Waals surface area (Å²) in [6.07, 6.45) is 0.275. The van der Waals surface area contributed by atoms with Gasteiger partial charge in [-0.25, -0.2) is 9.59 Å². The van der Waals surface area contributed by atoms with Crippen LogP contribution in [0.3, 0.4) is 0 Å². The maximum absolute atomic E-state index is 11.6. The highest BCUT2D eigenvalue weighted by Crippen LogP contribution is 1.96. The first-order valence-corrected chi connectivity index (χ1v) is 5.31. The van der Waals surface area contributed by atoms with Crippen molar-refractivity contribution in [3.8, 4) is 0 Å². The highest BCUT2D eigenvalue weighted by molar-refractivity contribution is 5.85. The number of carboxylic acid groups (broad SMARTS) is 1. The molecule has 0 unspecified atom stereocenters. The average molecular weight is 246 g/mol. The van der Waals surface area contributed by atoms with E-state index in [1.165, 1.54) is 12.0 Å². The van der Waals surface area contributed by atoms with E-state index < -0.39 is 24.0 Å². The van der Waals surface area contributed by atoms with Gasteiger partial charge < -0.3 is 20.1 Å². The maximum Gasteiger partial charge on any atom is 0.326 e. The van der Waals surface area contributed by atoms with Crippen molar-refractivity contribution in [3.05, 3.63) is 0 Å². The molecule has 0 saturated carbocycles. The van der Waals surface area contributed by atoms with Gasteiger partial charge in [0.25, 0.3) is 0 Å². The lowest BCUT2D eigenvalue weighted by molar-refractivity contribution is -0.141. The molecule has 0 aliphatic heterocycles. The number of likely N-dealkylation sites (N-methyl/N-ethyl adjacent to an activating group) is 1. The summed E-state index contributed by atoms with van der Waals surface area (Å²) in [5.41, 5.74) is 0. The molecule has 0 saturated heterocycles. The number of carbonyl (C=O) groups is 3. The Kier molecular flexibility index (Phi) is 6.69. The summed E-state index contributed by atoms with van der Waals surface area (Å²) in [4.78, 5) is 34.6. The number of carboxylic acids is 1. The largest absolute Gasteiger partial charge is 0.480 e. The van der Waals surface area contributed by atoms with Gasteiger partial charge in [-0.1, -0.05) is 6.92 Å². The topological polar surface area (TPSA) is 95.9 Å². The summed E-state index contributed by atoms with van der Waals surface area (Å²) >= 11 is 0. The molecule has 17 heavy (non-hydrogen) atoms. The summed E-state index contributed by atoms with van der Waals surface area (Å²) < 4.78 is 4.43. The molecule has 7 nitrogen and oxygen atoms in total. The maximum atomic E-state index is 11.6. The van der Waals surface area contributed by atoms with Crippen molar-refractivity contribution in [2.45, 2.75) is 26.3 Å². The second kappa shape index (κ2) is 7.48.